The van der Waals surface area contributed by atoms with Crippen molar-refractivity contribution in [3.05, 3.63) is 0 Å². The second-order valence-electron chi connectivity index (χ2n) is 19.5. The van der Waals surface area contributed by atoms with Crippen LogP contribution in [-0.4, -0.2) is 158 Å². The molecule has 3 heterocycles. The quantitative estimate of drug-likeness (QED) is 0.144. The summed E-state index contributed by atoms with van der Waals surface area (Å²) in [5.74, 6) is -2.21. The second-order valence-corrected chi connectivity index (χ2v) is 19.5. The van der Waals surface area contributed by atoms with Crippen molar-refractivity contribution in [1.82, 2.24) is 9.80 Å². The van der Waals surface area contributed by atoms with Gasteiger partial charge in [-0.05, 0) is 101 Å². The van der Waals surface area contributed by atoms with E-state index in [9.17, 15) is 24.6 Å². The van der Waals surface area contributed by atoms with E-state index in [1.807, 2.05) is 53.6 Å². The van der Waals surface area contributed by atoms with E-state index in [2.05, 4.69) is 39.6 Å². The minimum atomic E-state index is -1.51. The molecule has 3 fully saturated rings. The summed E-state index contributed by atoms with van der Waals surface area (Å²) in [7, 11) is 7.47. The predicted molar refractivity (Wildman–Crippen MR) is 225 cm³/mol. The number of aldehydes is 1. The Morgan fingerprint density at radius 1 is 1.02 bits per heavy atom. The molecule has 0 amide bonds. The molecule has 3 aliphatic heterocycles. The number of likely N-dealkylation sites (N-methyl/N-ethyl adjacent to an activating group) is 1. The van der Waals surface area contributed by atoms with Crippen LogP contribution in [0.3, 0.4) is 0 Å². The van der Waals surface area contributed by atoms with E-state index in [1.54, 1.807) is 27.9 Å². The smallest absolute Gasteiger partial charge is 0.311 e. The molecular formula is C45H82N2O12. The number of carbonyl (C=O) groups is 3. The molecule has 344 valence electrons. The Labute approximate surface area is 355 Å². The van der Waals surface area contributed by atoms with Crippen molar-refractivity contribution in [1.29, 1.82) is 0 Å². The number of aliphatic hydroxyl groups is 2. The highest BCUT2D eigenvalue weighted by atomic mass is 16.7. The molecule has 0 radical (unpaired) electrons. The maximum atomic E-state index is 14.7. The van der Waals surface area contributed by atoms with Gasteiger partial charge in [0.15, 0.2) is 12.6 Å². The molecule has 0 aromatic heterocycles. The van der Waals surface area contributed by atoms with Crippen molar-refractivity contribution in [2.75, 3.05) is 41.4 Å². The fraction of sp³-hybridized carbons (Fsp3) is 0.933. The van der Waals surface area contributed by atoms with Crippen molar-refractivity contribution in [2.24, 2.45) is 29.1 Å². The fourth-order valence-corrected chi connectivity index (χ4v) is 10.5. The Bertz CT molecular complexity index is 1350. The lowest BCUT2D eigenvalue weighted by molar-refractivity contribution is -0.320. The summed E-state index contributed by atoms with van der Waals surface area (Å²) in [5.41, 5.74) is -3.08. The lowest BCUT2D eigenvalue weighted by atomic mass is 9.66. The van der Waals surface area contributed by atoms with Crippen LogP contribution in [0.4, 0.5) is 0 Å². The van der Waals surface area contributed by atoms with Gasteiger partial charge in [0, 0.05) is 56.3 Å². The molecule has 0 aliphatic carbocycles. The number of hydrogen-bond acceptors (Lipinski definition) is 14. The van der Waals surface area contributed by atoms with E-state index in [0.29, 0.717) is 25.8 Å². The summed E-state index contributed by atoms with van der Waals surface area (Å²) in [6.45, 7) is 23.9. The number of esters is 1. The van der Waals surface area contributed by atoms with E-state index in [0.717, 1.165) is 6.29 Å². The molecule has 0 bridgehead atoms. The zero-order valence-electron chi connectivity index (χ0n) is 39.3. The molecule has 1 unspecified atom stereocenters. The zero-order chi connectivity index (χ0) is 44.8. The molecule has 59 heavy (non-hydrogen) atoms. The van der Waals surface area contributed by atoms with Crippen LogP contribution in [0.2, 0.25) is 0 Å². The summed E-state index contributed by atoms with van der Waals surface area (Å²) in [6.07, 6.45) is -3.93. The number of hydrogen-bond donors (Lipinski definition) is 2. The molecule has 0 aromatic rings. The van der Waals surface area contributed by atoms with Crippen molar-refractivity contribution in [3.8, 4) is 0 Å². The summed E-state index contributed by atoms with van der Waals surface area (Å²) in [5, 5.41) is 24.4. The Kier molecular flexibility index (Phi) is 19.0. The first-order valence-corrected chi connectivity index (χ1v) is 22.1. The van der Waals surface area contributed by atoms with Crippen LogP contribution in [0, 0.1) is 29.1 Å². The van der Waals surface area contributed by atoms with Gasteiger partial charge in [0.05, 0.1) is 48.1 Å². The Hall–Kier alpha value is -1.59. The van der Waals surface area contributed by atoms with E-state index in [4.69, 9.17) is 33.2 Å². The number of ether oxygens (including phenoxy) is 7. The van der Waals surface area contributed by atoms with Crippen molar-refractivity contribution >= 4 is 18.0 Å². The highest BCUT2D eigenvalue weighted by Crippen LogP contribution is 2.44. The van der Waals surface area contributed by atoms with Crippen LogP contribution >= 0.6 is 0 Å². The average molecular weight is 843 g/mol. The predicted octanol–water partition coefficient (Wildman–Crippen LogP) is 5.02. The minimum absolute atomic E-state index is 0.00822. The van der Waals surface area contributed by atoms with Gasteiger partial charge in [-0.15, -0.1) is 0 Å². The van der Waals surface area contributed by atoms with Gasteiger partial charge in [0.25, 0.3) is 0 Å². The lowest BCUT2D eigenvalue weighted by Gasteiger charge is -2.49. The largest absolute Gasteiger partial charge is 0.461 e. The van der Waals surface area contributed by atoms with E-state index >= 15 is 0 Å². The molecule has 3 aliphatic rings. The Morgan fingerprint density at radius 3 is 2.22 bits per heavy atom. The Morgan fingerprint density at radius 2 is 1.66 bits per heavy atom. The van der Waals surface area contributed by atoms with Crippen LogP contribution in [0.1, 0.15) is 122 Å². The molecule has 3 saturated heterocycles. The molecule has 3 rings (SSSR count). The maximum absolute atomic E-state index is 14.7. The molecule has 14 nitrogen and oxygen atoms in total. The third-order valence-electron chi connectivity index (χ3n) is 14.1. The molecule has 2 N–H and O–H groups in total. The normalized spacial score (nSPS) is 45.0. The standard InChI is InChI=1S/C45H82N2O12/c1-17-35-43(10,23-27(3)49)31(7)32(8)47(15)25-26(2)22-44(11,52)39(59-42-37(50)34(46(13)14)21-28(4)55-42)29(5)38(30(6)41(51)57-35)58-36-24-45(12,53-16)40(33(9)56-36)54-20-18-19-48/h19,26,28-40,42,50,52H,17-18,20-25H2,1-16H3/t26-,28-,29+,30-,31?,32-,33+,34+,35-,36+,37-,38+,39-,40+,42+,43+,44-,45-/m1/s1. The van der Waals surface area contributed by atoms with Crippen LogP contribution in [0.5, 0.6) is 0 Å². The first-order valence-electron chi connectivity index (χ1n) is 22.1. The summed E-state index contributed by atoms with van der Waals surface area (Å²) < 4.78 is 45.3. The van der Waals surface area contributed by atoms with E-state index in [-0.39, 0.29) is 61.7 Å². The fourth-order valence-electron chi connectivity index (χ4n) is 10.5. The van der Waals surface area contributed by atoms with Crippen LogP contribution < -0.4 is 0 Å². The highest BCUT2D eigenvalue weighted by Gasteiger charge is 2.53. The van der Waals surface area contributed by atoms with Crippen LogP contribution in [0.25, 0.3) is 0 Å². The number of rotatable bonds is 13. The molecule has 18 atom stereocenters. The zero-order valence-corrected chi connectivity index (χ0v) is 39.3. The molecule has 0 saturated carbocycles. The third-order valence-corrected chi connectivity index (χ3v) is 14.1. The van der Waals surface area contributed by atoms with Gasteiger partial charge in [-0.25, -0.2) is 0 Å². The van der Waals surface area contributed by atoms with Gasteiger partial charge in [0.1, 0.15) is 30.4 Å². The number of ketones is 1. The summed E-state index contributed by atoms with van der Waals surface area (Å²) in [6, 6.07) is -0.268. The summed E-state index contributed by atoms with van der Waals surface area (Å²) >= 11 is 0. The van der Waals surface area contributed by atoms with Gasteiger partial charge < -0.3 is 62.8 Å². The monoisotopic (exact) mass is 843 g/mol. The van der Waals surface area contributed by atoms with Crippen molar-refractivity contribution in [2.45, 2.75) is 200 Å². The number of aliphatic hydroxyl groups excluding tert-OH is 1. The lowest BCUT2D eigenvalue weighted by Crippen LogP contribution is -2.60. The molecule has 0 spiro atoms. The number of methoxy groups -OCH3 is 1. The molecule has 0 aromatic carbocycles. The Balaban J connectivity index is 2.21. The third kappa shape index (κ3) is 12.5. The molecular weight excluding hydrogens is 760 g/mol. The minimum Gasteiger partial charge on any atom is -0.461 e. The SMILES string of the molecule is CC[C@H]1OC(=O)[C@H](C)[C@@H](O[C@H]2C[C@@](C)(OC)[C@@H](OCCC=O)[C@H](C)O2)[C@H](C)[C@@H](O[C@@H]2O[C@H](C)C[C@H](N(C)C)[C@H]2O)[C@](C)(O)C[C@@H](C)CN(C)[C@H](C)C(C)[C@]1(C)CC(C)=O. The number of nitrogens with zero attached hydrogens (tertiary/aromatic N) is 2. The number of Topliss-reactive ketones (excluding diaryl/α,β-unsaturated/α-hetero) is 1. The van der Waals surface area contributed by atoms with E-state index in [1.165, 1.54) is 0 Å². The first kappa shape index (κ1) is 51.8. The van der Waals surface area contributed by atoms with Gasteiger partial charge >= 0.3 is 5.97 Å². The second kappa shape index (κ2) is 21.7. The number of cyclic esters (lactones) is 1. The first-order chi connectivity index (χ1) is 27.4. The van der Waals surface area contributed by atoms with E-state index < -0.39 is 83.6 Å². The van der Waals surface area contributed by atoms with Crippen molar-refractivity contribution < 1.29 is 57.8 Å². The average Bonchev–Trinajstić information content (AvgIpc) is 3.14. The van der Waals surface area contributed by atoms with Crippen LogP contribution in [0.15, 0.2) is 0 Å². The highest BCUT2D eigenvalue weighted by molar-refractivity contribution is 5.77. The number of carbonyl (C=O) groups excluding carboxylic acids is 3. The van der Waals surface area contributed by atoms with Gasteiger partial charge in [-0.2, -0.15) is 0 Å². The van der Waals surface area contributed by atoms with Crippen molar-refractivity contribution in [3.63, 3.8) is 0 Å². The molecule has 14 heteroatoms. The summed E-state index contributed by atoms with van der Waals surface area (Å²) in [4.78, 5) is 43.0. The maximum Gasteiger partial charge on any atom is 0.311 e. The topological polar surface area (TPSA) is 163 Å². The van der Waals surface area contributed by atoms with Gasteiger partial charge in [-0.3, -0.25) is 4.79 Å². The van der Waals surface area contributed by atoms with Crippen LogP contribution in [-0.2, 0) is 47.5 Å². The van der Waals surface area contributed by atoms with Gasteiger partial charge in [-0.1, -0.05) is 34.6 Å². The van der Waals surface area contributed by atoms with Gasteiger partial charge in [0.2, 0.25) is 0 Å².